The van der Waals surface area contributed by atoms with Crippen LogP contribution in [0.3, 0.4) is 0 Å². The molecule has 11 rings (SSSR count). The molecule has 2 heteroatoms. The van der Waals surface area contributed by atoms with Crippen molar-refractivity contribution in [3.8, 4) is 11.1 Å². The van der Waals surface area contributed by atoms with Gasteiger partial charge < -0.3 is 4.90 Å². The van der Waals surface area contributed by atoms with E-state index in [1.165, 1.54) is 71.0 Å². The van der Waals surface area contributed by atoms with Gasteiger partial charge in [-0.05, 0) is 111 Å². The average Bonchev–Trinajstić information content (AvgIpc) is 3.59. The van der Waals surface area contributed by atoms with Gasteiger partial charge in [-0.25, -0.2) is 0 Å². The molecule has 9 aromatic rings. The standard InChI is InChI=1S/C57H41NS/c1-40-32-37-49-48-26-11-12-27-50(48)56(53(49)38-40,41-18-5-2-6-19-41)43-33-35-46(36-34-43)58(45-23-9-4-10-24-45)47-25-17-22-44(39-47)57(42-20-7-3-8-21-42)51-28-13-15-30-54(51)59-55-31-16-14-29-52(55)57/h2-39H,1H3. The second kappa shape index (κ2) is 14.2. The highest BCUT2D eigenvalue weighted by Crippen LogP contribution is 2.58. The van der Waals surface area contributed by atoms with E-state index in [-0.39, 0.29) is 0 Å². The maximum atomic E-state index is 2.43. The Bertz CT molecular complexity index is 2930. The molecule has 1 unspecified atom stereocenters. The van der Waals surface area contributed by atoms with E-state index < -0.39 is 10.8 Å². The number of rotatable bonds is 7. The van der Waals surface area contributed by atoms with Crippen molar-refractivity contribution in [2.45, 2.75) is 27.5 Å². The molecule has 0 aromatic heterocycles. The molecule has 280 valence electrons. The summed E-state index contributed by atoms with van der Waals surface area (Å²) in [6.45, 7) is 2.21. The second-order valence-corrected chi connectivity index (χ2v) is 16.8. The van der Waals surface area contributed by atoms with Crippen molar-refractivity contribution in [2.75, 3.05) is 4.90 Å². The largest absolute Gasteiger partial charge is 0.310 e. The number of hydrogen-bond donors (Lipinski definition) is 0. The van der Waals surface area contributed by atoms with E-state index >= 15 is 0 Å². The molecule has 0 bridgehead atoms. The van der Waals surface area contributed by atoms with Crippen LogP contribution in [0.15, 0.2) is 240 Å². The van der Waals surface area contributed by atoms with Crippen LogP contribution in [-0.4, -0.2) is 0 Å². The monoisotopic (exact) mass is 771 g/mol. The Balaban J connectivity index is 1.12. The maximum Gasteiger partial charge on any atom is 0.0724 e. The molecular weight excluding hydrogens is 731 g/mol. The van der Waals surface area contributed by atoms with Gasteiger partial charge in [0.15, 0.2) is 0 Å². The lowest BCUT2D eigenvalue weighted by Crippen LogP contribution is -2.34. The third-order valence-electron chi connectivity index (χ3n) is 12.5. The molecule has 1 nitrogen and oxygen atoms in total. The van der Waals surface area contributed by atoms with Gasteiger partial charge in [0.1, 0.15) is 0 Å². The fourth-order valence-electron chi connectivity index (χ4n) is 10.1. The SMILES string of the molecule is Cc1ccc2c(c1)C(c1ccccc1)(c1ccc(N(c3ccccc3)c3cccc(C4(c5ccccc5)c5ccccc5Sc5ccccc54)c3)cc1)c1ccccc1-2. The number of fused-ring (bicyclic) bond motifs is 5. The van der Waals surface area contributed by atoms with Gasteiger partial charge in [0, 0.05) is 26.9 Å². The zero-order chi connectivity index (χ0) is 39.4. The highest BCUT2D eigenvalue weighted by Gasteiger charge is 2.47. The summed E-state index contributed by atoms with van der Waals surface area (Å²) < 4.78 is 0. The van der Waals surface area contributed by atoms with E-state index in [0.717, 1.165) is 17.1 Å². The predicted octanol–water partition coefficient (Wildman–Crippen LogP) is 14.7. The van der Waals surface area contributed by atoms with Gasteiger partial charge in [0.05, 0.1) is 10.8 Å². The Morgan fingerprint density at radius 1 is 0.322 bits per heavy atom. The third kappa shape index (κ3) is 5.40. The van der Waals surface area contributed by atoms with E-state index in [1.807, 2.05) is 11.8 Å². The Labute approximate surface area is 351 Å². The fourth-order valence-corrected chi connectivity index (χ4v) is 11.3. The molecule has 0 saturated carbocycles. The maximum absolute atomic E-state index is 2.43. The molecule has 1 aliphatic heterocycles. The molecular formula is C57H41NS. The summed E-state index contributed by atoms with van der Waals surface area (Å²) in [5, 5.41) is 0. The molecule has 1 aliphatic carbocycles. The fraction of sp³-hybridized carbons (Fsp3) is 0.0526. The van der Waals surface area contributed by atoms with Gasteiger partial charge in [-0.1, -0.05) is 199 Å². The molecule has 59 heavy (non-hydrogen) atoms. The molecule has 0 N–H and O–H groups in total. The van der Waals surface area contributed by atoms with Crippen LogP contribution in [0, 0.1) is 6.92 Å². The summed E-state index contributed by atoms with van der Waals surface area (Å²) in [6, 6.07) is 85.5. The minimum absolute atomic E-state index is 0.461. The molecule has 0 fully saturated rings. The van der Waals surface area contributed by atoms with Crippen molar-refractivity contribution in [2.24, 2.45) is 0 Å². The average molecular weight is 772 g/mol. The lowest BCUT2D eigenvalue weighted by atomic mass is 9.64. The van der Waals surface area contributed by atoms with E-state index in [4.69, 9.17) is 0 Å². The Hall–Kier alpha value is -6.87. The first-order valence-electron chi connectivity index (χ1n) is 20.4. The summed E-state index contributed by atoms with van der Waals surface area (Å²) in [5.74, 6) is 0. The van der Waals surface area contributed by atoms with Crippen molar-refractivity contribution in [1.29, 1.82) is 0 Å². The summed E-state index contributed by atoms with van der Waals surface area (Å²) >= 11 is 1.87. The van der Waals surface area contributed by atoms with Gasteiger partial charge in [0.25, 0.3) is 0 Å². The quantitative estimate of drug-likeness (QED) is 0.159. The lowest BCUT2D eigenvalue weighted by Gasteiger charge is -2.42. The van der Waals surface area contributed by atoms with Gasteiger partial charge in [0.2, 0.25) is 0 Å². The summed E-state index contributed by atoms with van der Waals surface area (Å²) in [5.41, 5.74) is 16.5. The van der Waals surface area contributed by atoms with Crippen molar-refractivity contribution in [1.82, 2.24) is 0 Å². The number of hydrogen-bond acceptors (Lipinski definition) is 2. The highest BCUT2D eigenvalue weighted by molar-refractivity contribution is 7.99. The van der Waals surface area contributed by atoms with E-state index in [0.29, 0.717) is 0 Å². The normalized spacial score (nSPS) is 15.7. The number of para-hydroxylation sites is 1. The number of benzene rings is 9. The van der Waals surface area contributed by atoms with Crippen LogP contribution in [0.1, 0.15) is 50.1 Å². The molecule has 1 atom stereocenters. The second-order valence-electron chi connectivity index (χ2n) is 15.7. The first-order chi connectivity index (χ1) is 29.2. The van der Waals surface area contributed by atoms with Crippen LogP contribution in [0.2, 0.25) is 0 Å². The molecule has 1 heterocycles. The van der Waals surface area contributed by atoms with Crippen molar-refractivity contribution >= 4 is 28.8 Å². The number of nitrogens with zero attached hydrogens (tertiary/aromatic N) is 1. The van der Waals surface area contributed by atoms with Crippen LogP contribution in [-0.2, 0) is 10.8 Å². The Kier molecular flexibility index (Phi) is 8.50. The Morgan fingerprint density at radius 3 is 1.42 bits per heavy atom. The van der Waals surface area contributed by atoms with Crippen molar-refractivity contribution in [3.05, 3.63) is 281 Å². The van der Waals surface area contributed by atoms with Gasteiger partial charge in [-0.2, -0.15) is 0 Å². The summed E-state index contributed by atoms with van der Waals surface area (Å²) in [7, 11) is 0. The van der Waals surface area contributed by atoms with E-state index in [9.17, 15) is 0 Å². The predicted molar refractivity (Wildman–Crippen MR) is 246 cm³/mol. The molecule has 0 radical (unpaired) electrons. The molecule has 0 spiro atoms. The van der Waals surface area contributed by atoms with Crippen LogP contribution in [0.4, 0.5) is 17.1 Å². The molecule has 2 aliphatic rings. The zero-order valence-corrected chi connectivity index (χ0v) is 33.6. The number of anilines is 3. The topological polar surface area (TPSA) is 3.24 Å². The van der Waals surface area contributed by atoms with Crippen molar-refractivity contribution in [3.63, 3.8) is 0 Å². The van der Waals surface area contributed by atoms with E-state index in [2.05, 4.69) is 242 Å². The zero-order valence-electron chi connectivity index (χ0n) is 32.8. The first kappa shape index (κ1) is 35.3. The minimum Gasteiger partial charge on any atom is -0.310 e. The molecule has 0 saturated heterocycles. The molecule has 0 amide bonds. The van der Waals surface area contributed by atoms with Crippen molar-refractivity contribution < 1.29 is 0 Å². The van der Waals surface area contributed by atoms with Gasteiger partial charge in [-0.15, -0.1) is 0 Å². The lowest BCUT2D eigenvalue weighted by molar-refractivity contribution is 0.703. The smallest absolute Gasteiger partial charge is 0.0724 e. The van der Waals surface area contributed by atoms with Crippen LogP contribution < -0.4 is 4.90 Å². The van der Waals surface area contributed by atoms with E-state index in [1.54, 1.807) is 0 Å². The third-order valence-corrected chi connectivity index (χ3v) is 13.7. The van der Waals surface area contributed by atoms with Crippen LogP contribution in [0.25, 0.3) is 11.1 Å². The van der Waals surface area contributed by atoms with Crippen LogP contribution >= 0.6 is 11.8 Å². The highest BCUT2D eigenvalue weighted by atomic mass is 32.2. The summed E-state index contributed by atoms with van der Waals surface area (Å²) in [4.78, 5) is 4.99. The minimum atomic E-state index is -0.522. The Morgan fingerprint density at radius 2 is 0.780 bits per heavy atom. The first-order valence-corrected chi connectivity index (χ1v) is 21.2. The summed E-state index contributed by atoms with van der Waals surface area (Å²) in [6.07, 6.45) is 0. The van der Waals surface area contributed by atoms with Gasteiger partial charge >= 0.3 is 0 Å². The van der Waals surface area contributed by atoms with Gasteiger partial charge in [-0.3, -0.25) is 0 Å². The van der Waals surface area contributed by atoms with Crippen LogP contribution in [0.5, 0.6) is 0 Å². The number of aryl methyl sites for hydroxylation is 1. The molecule has 9 aromatic carbocycles.